The van der Waals surface area contributed by atoms with Gasteiger partial charge in [0.15, 0.2) is 0 Å². The van der Waals surface area contributed by atoms with E-state index in [9.17, 15) is 4.79 Å². The maximum Gasteiger partial charge on any atom is 0.248 e. The fourth-order valence-electron chi connectivity index (χ4n) is 2.43. The highest BCUT2D eigenvalue weighted by atomic mass is 16.1. The molecule has 3 rings (SSSR count). The predicted octanol–water partition coefficient (Wildman–Crippen LogP) is 4.51. The zero-order valence-electron chi connectivity index (χ0n) is 14.1. The van der Waals surface area contributed by atoms with Gasteiger partial charge in [0.25, 0.3) is 0 Å². The molecule has 2 N–H and O–H groups in total. The number of amides is 1. The molecule has 0 fully saturated rings. The average molecular weight is 319 g/mol. The third kappa shape index (κ3) is 3.71. The minimum Gasteiger partial charge on any atom is -0.361 e. The quantitative estimate of drug-likeness (QED) is 0.698. The van der Waals surface area contributed by atoms with Crippen LogP contribution >= 0.6 is 0 Å². The van der Waals surface area contributed by atoms with E-state index in [-0.39, 0.29) is 11.3 Å². The van der Waals surface area contributed by atoms with E-state index in [0.29, 0.717) is 0 Å². The van der Waals surface area contributed by atoms with Gasteiger partial charge in [-0.1, -0.05) is 26.8 Å². The van der Waals surface area contributed by atoms with Crippen LogP contribution in [-0.4, -0.2) is 15.9 Å². The molecule has 0 aliphatic carbocycles. The summed E-state index contributed by atoms with van der Waals surface area (Å²) >= 11 is 0. The standard InChI is InChI=1S/C20H21N3O/c1-20(2,3)18-8-4-14(13-22-18)5-9-19(24)23-16-6-7-17-15(12-16)10-11-21-17/h4-13,21H,1-3H3,(H,23,24)/b9-5+. The Labute approximate surface area is 141 Å². The molecule has 0 saturated carbocycles. The number of rotatable bonds is 3. The third-order valence-electron chi connectivity index (χ3n) is 3.80. The number of H-pyrrole nitrogens is 1. The number of carbonyl (C=O) groups excluding carboxylic acids is 1. The Hall–Kier alpha value is -2.88. The number of hydrogen-bond donors (Lipinski definition) is 2. The van der Waals surface area contributed by atoms with Gasteiger partial charge in [-0.25, -0.2) is 0 Å². The van der Waals surface area contributed by atoms with Crippen LogP contribution in [0.1, 0.15) is 32.0 Å². The van der Waals surface area contributed by atoms with Gasteiger partial charge in [-0.3, -0.25) is 9.78 Å². The van der Waals surface area contributed by atoms with E-state index in [1.807, 2.05) is 42.6 Å². The van der Waals surface area contributed by atoms with Crippen molar-refractivity contribution >= 4 is 28.6 Å². The van der Waals surface area contributed by atoms with E-state index in [1.165, 1.54) is 6.08 Å². The Balaban J connectivity index is 1.66. The highest BCUT2D eigenvalue weighted by Gasteiger charge is 2.14. The molecule has 0 saturated heterocycles. The largest absolute Gasteiger partial charge is 0.361 e. The smallest absolute Gasteiger partial charge is 0.248 e. The molecule has 4 heteroatoms. The molecule has 0 bridgehead atoms. The molecular formula is C20H21N3O. The Morgan fingerprint density at radius 2 is 2.00 bits per heavy atom. The molecule has 0 spiro atoms. The summed E-state index contributed by atoms with van der Waals surface area (Å²) in [6, 6.07) is 11.7. The molecule has 0 aliphatic heterocycles. The molecule has 2 aromatic heterocycles. The van der Waals surface area contributed by atoms with E-state index in [1.54, 1.807) is 12.3 Å². The molecule has 1 aromatic carbocycles. The van der Waals surface area contributed by atoms with Crippen LogP contribution in [0.2, 0.25) is 0 Å². The molecule has 0 atom stereocenters. The van der Waals surface area contributed by atoms with Crippen molar-refractivity contribution in [1.29, 1.82) is 0 Å². The van der Waals surface area contributed by atoms with Gasteiger partial charge in [-0.2, -0.15) is 0 Å². The van der Waals surface area contributed by atoms with Gasteiger partial charge in [0, 0.05) is 46.2 Å². The number of anilines is 1. The second-order valence-corrected chi connectivity index (χ2v) is 6.83. The number of hydrogen-bond acceptors (Lipinski definition) is 2. The van der Waals surface area contributed by atoms with E-state index < -0.39 is 0 Å². The van der Waals surface area contributed by atoms with E-state index in [0.717, 1.165) is 27.8 Å². The van der Waals surface area contributed by atoms with Crippen molar-refractivity contribution < 1.29 is 4.79 Å². The van der Waals surface area contributed by atoms with Crippen molar-refractivity contribution in [3.8, 4) is 0 Å². The molecule has 24 heavy (non-hydrogen) atoms. The number of fused-ring (bicyclic) bond motifs is 1. The topological polar surface area (TPSA) is 57.8 Å². The first-order chi connectivity index (χ1) is 11.4. The van der Waals surface area contributed by atoms with Crippen molar-refractivity contribution in [2.45, 2.75) is 26.2 Å². The summed E-state index contributed by atoms with van der Waals surface area (Å²) in [5.74, 6) is -0.162. The van der Waals surface area contributed by atoms with Crippen molar-refractivity contribution in [2.75, 3.05) is 5.32 Å². The summed E-state index contributed by atoms with van der Waals surface area (Å²) in [7, 11) is 0. The molecular weight excluding hydrogens is 298 g/mol. The number of pyridine rings is 1. The van der Waals surface area contributed by atoms with Crippen LogP contribution in [0.5, 0.6) is 0 Å². The minimum absolute atomic E-state index is 0.0243. The van der Waals surface area contributed by atoms with Gasteiger partial charge in [0.05, 0.1) is 0 Å². The number of carbonyl (C=O) groups is 1. The lowest BCUT2D eigenvalue weighted by molar-refractivity contribution is -0.111. The van der Waals surface area contributed by atoms with Crippen LogP contribution in [0.3, 0.4) is 0 Å². The maximum atomic E-state index is 12.1. The summed E-state index contributed by atoms with van der Waals surface area (Å²) in [4.78, 5) is 19.6. The average Bonchev–Trinajstić information content (AvgIpc) is 3.00. The first-order valence-electron chi connectivity index (χ1n) is 7.94. The van der Waals surface area contributed by atoms with E-state index in [2.05, 4.69) is 36.1 Å². The van der Waals surface area contributed by atoms with Crippen LogP contribution in [0.25, 0.3) is 17.0 Å². The highest BCUT2D eigenvalue weighted by Crippen LogP contribution is 2.20. The third-order valence-corrected chi connectivity index (χ3v) is 3.80. The molecule has 0 radical (unpaired) electrons. The van der Waals surface area contributed by atoms with Gasteiger partial charge in [-0.05, 0) is 42.0 Å². The van der Waals surface area contributed by atoms with Gasteiger partial charge in [0.2, 0.25) is 5.91 Å². The van der Waals surface area contributed by atoms with Gasteiger partial charge >= 0.3 is 0 Å². The van der Waals surface area contributed by atoms with Gasteiger partial charge < -0.3 is 10.3 Å². The van der Waals surface area contributed by atoms with Gasteiger partial charge in [-0.15, -0.1) is 0 Å². The fourth-order valence-corrected chi connectivity index (χ4v) is 2.43. The summed E-state index contributed by atoms with van der Waals surface area (Å²) in [6.45, 7) is 6.37. The Kier molecular flexibility index (Phi) is 4.21. The Bertz CT molecular complexity index is 883. The zero-order valence-corrected chi connectivity index (χ0v) is 14.1. The fraction of sp³-hybridized carbons (Fsp3) is 0.200. The molecule has 2 heterocycles. The monoisotopic (exact) mass is 319 g/mol. The lowest BCUT2D eigenvalue weighted by Gasteiger charge is -2.17. The number of benzene rings is 1. The zero-order chi connectivity index (χ0) is 17.2. The highest BCUT2D eigenvalue weighted by molar-refractivity contribution is 6.02. The number of aromatic amines is 1. The molecule has 1 amide bonds. The van der Waals surface area contributed by atoms with Crippen molar-refractivity contribution in [3.63, 3.8) is 0 Å². The first-order valence-corrected chi connectivity index (χ1v) is 7.94. The van der Waals surface area contributed by atoms with Crippen LogP contribution in [0, 0.1) is 0 Å². The molecule has 4 nitrogen and oxygen atoms in total. The molecule has 0 aliphatic rings. The van der Waals surface area contributed by atoms with Gasteiger partial charge in [0.1, 0.15) is 0 Å². The predicted molar refractivity (Wildman–Crippen MR) is 98.9 cm³/mol. The SMILES string of the molecule is CC(C)(C)c1ccc(/C=C/C(=O)Nc2ccc3[nH]ccc3c2)cn1. The minimum atomic E-state index is -0.162. The number of nitrogens with one attached hydrogen (secondary N) is 2. The summed E-state index contributed by atoms with van der Waals surface area (Å²) in [5, 5.41) is 3.94. The van der Waals surface area contributed by atoms with Crippen LogP contribution < -0.4 is 5.32 Å². The normalized spacial score (nSPS) is 12.0. The summed E-state index contributed by atoms with van der Waals surface area (Å²) < 4.78 is 0. The van der Waals surface area contributed by atoms with E-state index in [4.69, 9.17) is 0 Å². The first kappa shape index (κ1) is 16.0. The summed E-state index contributed by atoms with van der Waals surface area (Å²) in [5.41, 5.74) is 3.78. The van der Waals surface area contributed by atoms with Crippen molar-refractivity contribution in [2.24, 2.45) is 0 Å². The lowest BCUT2D eigenvalue weighted by atomic mass is 9.91. The maximum absolute atomic E-state index is 12.1. The van der Waals surface area contributed by atoms with Crippen molar-refractivity contribution in [1.82, 2.24) is 9.97 Å². The Morgan fingerprint density at radius 1 is 1.17 bits per heavy atom. The number of aromatic nitrogens is 2. The van der Waals surface area contributed by atoms with E-state index >= 15 is 0 Å². The Morgan fingerprint density at radius 3 is 2.71 bits per heavy atom. The second kappa shape index (κ2) is 6.32. The number of nitrogens with zero attached hydrogens (tertiary/aromatic N) is 1. The van der Waals surface area contributed by atoms with Crippen LogP contribution in [-0.2, 0) is 10.2 Å². The van der Waals surface area contributed by atoms with Crippen LogP contribution in [0.4, 0.5) is 5.69 Å². The second-order valence-electron chi connectivity index (χ2n) is 6.83. The summed E-state index contributed by atoms with van der Waals surface area (Å²) in [6.07, 6.45) is 6.96. The van der Waals surface area contributed by atoms with Crippen molar-refractivity contribution in [3.05, 3.63) is 66.1 Å². The van der Waals surface area contributed by atoms with Crippen LogP contribution in [0.15, 0.2) is 54.9 Å². The molecule has 122 valence electrons. The molecule has 3 aromatic rings. The lowest BCUT2D eigenvalue weighted by Crippen LogP contribution is -2.13. The molecule has 0 unspecified atom stereocenters.